The lowest BCUT2D eigenvalue weighted by molar-refractivity contribution is -0.148. The summed E-state index contributed by atoms with van der Waals surface area (Å²) in [6.45, 7) is 4.65. The number of nitrogens with zero attached hydrogens (tertiary/aromatic N) is 3. The molecule has 0 radical (unpaired) electrons. The minimum atomic E-state index is -0.963. The summed E-state index contributed by atoms with van der Waals surface area (Å²) in [4.78, 5) is 28.4. The first-order chi connectivity index (χ1) is 18.6. The number of benzene rings is 2. The fourth-order valence-electron chi connectivity index (χ4n) is 4.07. The third-order valence-electron chi connectivity index (χ3n) is 6.09. The summed E-state index contributed by atoms with van der Waals surface area (Å²) in [6, 6.07) is 21.3. The summed E-state index contributed by atoms with van der Waals surface area (Å²) < 4.78 is 12.5. The molecular formula is C29H28N4O4S. The van der Waals surface area contributed by atoms with Crippen LogP contribution in [0.1, 0.15) is 12.5 Å². The van der Waals surface area contributed by atoms with Crippen molar-refractivity contribution in [3.8, 4) is 16.3 Å². The molecular weight excluding hydrogens is 500 g/mol. The van der Waals surface area contributed by atoms with Crippen LogP contribution >= 0.6 is 11.3 Å². The van der Waals surface area contributed by atoms with Crippen LogP contribution in [0, 0.1) is 0 Å². The molecule has 1 atom stereocenters. The average molecular weight is 529 g/mol. The number of thiophene rings is 1. The molecule has 1 N–H and O–H groups in total. The summed E-state index contributed by atoms with van der Waals surface area (Å²) in [5, 5.41) is 9.51. The highest BCUT2D eigenvalue weighted by Gasteiger charge is 2.18. The number of ether oxygens (including phenoxy) is 2. The maximum Gasteiger partial charge on any atom is 0.331 e. The molecule has 0 spiro atoms. The monoisotopic (exact) mass is 528 g/mol. The molecule has 3 heterocycles. The van der Waals surface area contributed by atoms with E-state index in [4.69, 9.17) is 14.6 Å². The Morgan fingerprint density at radius 1 is 1.03 bits per heavy atom. The number of anilines is 2. The number of rotatable bonds is 8. The van der Waals surface area contributed by atoms with Gasteiger partial charge in [0.1, 0.15) is 5.69 Å². The van der Waals surface area contributed by atoms with Crippen molar-refractivity contribution in [2.45, 2.75) is 13.0 Å². The van der Waals surface area contributed by atoms with Gasteiger partial charge in [-0.3, -0.25) is 4.79 Å². The Kier molecular flexibility index (Phi) is 7.96. The first-order valence-electron chi connectivity index (χ1n) is 12.4. The van der Waals surface area contributed by atoms with E-state index in [1.54, 1.807) is 29.0 Å². The number of morpholine rings is 1. The highest BCUT2D eigenvalue weighted by Crippen LogP contribution is 2.28. The Morgan fingerprint density at radius 3 is 2.50 bits per heavy atom. The SMILES string of the molecule is CC(OC(=O)C=Cc1cn(-c2ccccc2)nc1-c1cccs1)C(=O)Nc1ccc(N2CCOCC2)cc1. The number of carbonyl (C=O) groups is 2. The van der Waals surface area contributed by atoms with E-state index in [0.717, 1.165) is 40.6 Å². The molecule has 0 aliphatic carbocycles. The van der Waals surface area contributed by atoms with Gasteiger partial charge in [-0.25, -0.2) is 9.48 Å². The number of hydrogen-bond acceptors (Lipinski definition) is 7. The zero-order chi connectivity index (χ0) is 26.3. The molecule has 194 valence electrons. The topological polar surface area (TPSA) is 85.7 Å². The second kappa shape index (κ2) is 11.9. The van der Waals surface area contributed by atoms with Gasteiger partial charge in [0, 0.05) is 42.3 Å². The van der Waals surface area contributed by atoms with Crippen LogP contribution in [0.5, 0.6) is 0 Å². The summed E-state index contributed by atoms with van der Waals surface area (Å²) in [5.41, 5.74) is 4.16. The lowest BCUT2D eigenvalue weighted by Crippen LogP contribution is -2.36. The maximum atomic E-state index is 12.6. The highest BCUT2D eigenvalue weighted by molar-refractivity contribution is 7.13. The average Bonchev–Trinajstić information content (AvgIpc) is 3.64. The van der Waals surface area contributed by atoms with Crippen molar-refractivity contribution in [3.63, 3.8) is 0 Å². The van der Waals surface area contributed by atoms with Crippen molar-refractivity contribution in [2.24, 2.45) is 0 Å². The number of nitrogens with one attached hydrogen (secondary N) is 1. The van der Waals surface area contributed by atoms with E-state index >= 15 is 0 Å². The molecule has 38 heavy (non-hydrogen) atoms. The van der Waals surface area contributed by atoms with Gasteiger partial charge in [0.05, 0.1) is 23.8 Å². The smallest absolute Gasteiger partial charge is 0.331 e. The zero-order valence-corrected chi connectivity index (χ0v) is 21.8. The molecule has 1 aliphatic rings. The molecule has 1 saturated heterocycles. The first kappa shape index (κ1) is 25.4. The van der Waals surface area contributed by atoms with Gasteiger partial charge in [0.25, 0.3) is 5.91 Å². The standard InChI is InChI=1S/C29H28N4O4S/c1-21(29(35)30-23-10-12-24(13-11-23)32-15-17-36-18-16-32)37-27(34)14-9-22-20-33(25-6-3-2-4-7-25)31-28(22)26-8-5-19-38-26/h2-14,19-21H,15-18H2,1H3,(H,30,35). The molecule has 1 amide bonds. The fraction of sp³-hybridized carbons (Fsp3) is 0.207. The molecule has 2 aromatic carbocycles. The highest BCUT2D eigenvalue weighted by atomic mass is 32.1. The lowest BCUT2D eigenvalue weighted by Gasteiger charge is -2.28. The summed E-state index contributed by atoms with van der Waals surface area (Å²) in [7, 11) is 0. The van der Waals surface area contributed by atoms with Crippen LogP contribution in [-0.4, -0.2) is 54.1 Å². The van der Waals surface area contributed by atoms with Gasteiger partial charge in [-0.05, 0) is 60.8 Å². The summed E-state index contributed by atoms with van der Waals surface area (Å²) in [5.74, 6) is -1.01. The van der Waals surface area contributed by atoms with E-state index in [-0.39, 0.29) is 0 Å². The normalized spacial score (nSPS) is 14.4. The van der Waals surface area contributed by atoms with Crippen LogP contribution < -0.4 is 10.2 Å². The van der Waals surface area contributed by atoms with Crippen molar-refractivity contribution >= 4 is 40.7 Å². The molecule has 2 aromatic heterocycles. The van der Waals surface area contributed by atoms with Crippen molar-refractivity contribution in [2.75, 3.05) is 36.5 Å². The molecule has 1 unspecified atom stereocenters. The van der Waals surface area contributed by atoms with Crippen LogP contribution in [0.3, 0.4) is 0 Å². The van der Waals surface area contributed by atoms with Gasteiger partial charge in [0.2, 0.25) is 0 Å². The quantitative estimate of drug-likeness (QED) is 0.255. The molecule has 0 bridgehead atoms. The Morgan fingerprint density at radius 2 is 1.79 bits per heavy atom. The predicted molar refractivity (Wildman–Crippen MR) is 150 cm³/mol. The first-order valence-corrected chi connectivity index (χ1v) is 13.3. The fourth-order valence-corrected chi connectivity index (χ4v) is 4.80. The number of aromatic nitrogens is 2. The van der Waals surface area contributed by atoms with Crippen molar-refractivity contribution in [1.29, 1.82) is 0 Å². The molecule has 4 aromatic rings. The van der Waals surface area contributed by atoms with Gasteiger partial charge in [-0.2, -0.15) is 5.10 Å². The second-order valence-electron chi connectivity index (χ2n) is 8.74. The van der Waals surface area contributed by atoms with E-state index in [9.17, 15) is 9.59 Å². The lowest BCUT2D eigenvalue weighted by atomic mass is 10.2. The Bertz CT molecular complexity index is 1390. The van der Waals surface area contributed by atoms with Crippen LogP contribution in [0.2, 0.25) is 0 Å². The third kappa shape index (κ3) is 6.19. The van der Waals surface area contributed by atoms with Crippen LogP contribution in [0.25, 0.3) is 22.3 Å². The number of amides is 1. The molecule has 1 aliphatic heterocycles. The van der Waals surface area contributed by atoms with Crippen molar-refractivity contribution in [3.05, 3.63) is 89.9 Å². The minimum Gasteiger partial charge on any atom is -0.449 e. The van der Waals surface area contributed by atoms with Crippen molar-refractivity contribution in [1.82, 2.24) is 9.78 Å². The van der Waals surface area contributed by atoms with Gasteiger partial charge < -0.3 is 19.7 Å². The number of esters is 1. The van der Waals surface area contributed by atoms with E-state index < -0.39 is 18.0 Å². The summed E-state index contributed by atoms with van der Waals surface area (Å²) in [6.07, 6.45) is 3.89. The Hall–Kier alpha value is -4.21. The van der Waals surface area contributed by atoms with Crippen LogP contribution in [0.15, 0.2) is 84.4 Å². The molecule has 1 fully saturated rings. The number of para-hydroxylation sites is 1. The third-order valence-corrected chi connectivity index (χ3v) is 6.97. The van der Waals surface area contributed by atoms with Crippen LogP contribution in [0.4, 0.5) is 11.4 Å². The number of carbonyl (C=O) groups excluding carboxylic acids is 2. The van der Waals surface area contributed by atoms with E-state index in [1.807, 2.05) is 78.3 Å². The number of hydrogen-bond donors (Lipinski definition) is 1. The van der Waals surface area contributed by atoms with Gasteiger partial charge in [0.15, 0.2) is 6.10 Å². The van der Waals surface area contributed by atoms with Crippen molar-refractivity contribution < 1.29 is 19.1 Å². The molecule has 5 rings (SSSR count). The van der Waals surface area contributed by atoms with Gasteiger partial charge >= 0.3 is 5.97 Å². The minimum absolute atomic E-state index is 0.401. The molecule has 9 heteroatoms. The maximum absolute atomic E-state index is 12.6. The predicted octanol–water partition coefficient (Wildman–Crippen LogP) is 5.02. The Balaban J connectivity index is 1.21. The second-order valence-corrected chi connectivity index (χ2v) is 9.69. The van der Waals surface area contributed by atoms with Crippen LogP contribution in [-0.2, 0) is 19.1 Å². The van der Waals surface area contributed by atoms with Gasteiger partial charge in [-0.1, -0.05) is 24.3 Å². The Labute approximate surface area is 225 Å². The molecule has 8 nitrogen and oxygen atoms in total. The largest absolute Gasteiger partial charge is 0.449 e. The van der Waals surface area contributed by atoms with E-state index in [0.29, 0.717) is 18.9 Å². The van der Waals surface area contributed by atoms with E-state index in [1.165, 1.54) is 6.08 Å². The summed E-state index contributed by atoms with van der Waals surface area (Å²) >= 11 is 1.57. The zero-order valence-electron chi connectivity index (χ0n) is 20.9. The van der Waals surface area contributed by atoms with E-state index in [2.05, 4.69) is 10.2 Å². The molecule has 0 saturated carbocycles. The van der Waals surface area contributed by atoms with Gasteiger partial charge in [-0.15, -0.1) is 11.3 Å².